The zero-order valence-electron chi connectivity index (χ0n) is 13.0. The number of carbonyl (C=O) groups is 2. The number of amides is 2. The van der Waals surface area contributed by atoms with Crippen LogP contribution in [0.3, 0.4) is 0 Å². The number of aryl methyl sites for hydroxylation is 2. The van der Waals surface area contributed by atoms with Crippen LogP contribution in [0.2, 0.25) is 0 Å². The molecule has 0 saturated heterocycles. The molecule has 0 spiro atoms. The fraction of sp³-hybridized carbons (Fsp3) is 0.294. The first-order chi connectivity index (χ1) is 11.2. The van der Waals surface area contributed by atoms with Crippen LogP contribution in [0.4, 0.5) is 0 Å². The molecule has 2 N–H and O–H groups in total. The molecule has 0 aliphatic carbocycles. The topological polar surface area (TPSA) is 80.6 Å². The lowest BCUT2D eigenvalue weighted by Crippen LogP contribution is -2.43. The van der Waals surface area contributed by atoms with Crippen molar-refractivity contribution in [2.24, 2.45) is 0 Å². The summed E-state index contributed by atoms with van der Waals surface area (Å²) in [5.41, 5.74) is 5.71. The number of hydrogen-bond acceptors (Lipinski definition) is 4. The van der Waals surface area contributed by atoms with Gasteiger partial charge in [0.2, 0.25) is 5.91 Å². The van der Waals surface area contributed by atoms with Crippen LogP contribution < -0.4 is 15.6 Å². The first-order valence-corrected chi connectivity index (χ1v) is 7.49. The number of hydrogen-bond donors (Lipinski definition) is 2. The molecule has 0 bridgehead atoms. The summed E-state index contributed by atoms with van der Waals surface area (Å²) < 4.78 is 10.6. The maximum absolute atomic E-state index is 11.7. The highest BCUT2D eigenvalue weighted by molar-refractivity contribution is 5.82. The lowest BCUT2D eigenvalue weighted by molar-refractivity contribution is -0.130. The monoisotopic (exact) mass is 316 g/mol. The maximum atomic E-state index is 11.7. The van der Waals surface area contributed by atoms with E-state index in [9.17, 15) is 9.59 Å². The van der Waals surface area contributed by atoms with Gasteiger partial charge in [0.15, 0.2) is 6.61 Å². The molecule has 1 aromatic heterocycles. The Balaban J connectivity index is 1.67. The van der Waals surface area contributed by atoms with Gasteiger partial charge < -0.3 is 9.15 Å². The van der Waals surface area contributed by atoms with Crippen molar-refractivity contribution in [1.29, 1.82) is 0 Å². The minimum atomic E-state index is -0.415. The zero-order chi connectivity index (χ0) is 16.5. The lowest BCUT2D eigenvalue weighted by Gasteiger charge is -2.11. The van der Waals surface area contributed by atoms with Crippen molar-refractivity contribution in [3.05, 3.63) is 54.0 Å². The Hall–Kier alpha value is -2.76. The predicted molar refractivity (Wildman–Crippen MR) is 84.6 cm³/mol. The lowest BCUT2D eigenvalue weighted by atomic mass is 10.1. The van der Waals surface area contributed by atoms with Crippen molar-refractivity contribution in [3.8, 4) is 5.75 Å². The van der Waals surface area contributed by atoms with Crippen LogP contribution in [0.1, 0.15) is 24.7 Å². The van der Waals surface area contributed by atoms with Gasteiger partial charge in [0.25, 0.3) is 5.91 Å². The quantitative estimate of drug-likeness (QED) is 0.766. The number of para-hydroxylation sites is 1. The Labute approximate surface area is 134 Å². The summed E-state index contributed by atoms with van der Waals surface area (Å²) in [4.78, 5) is 23.3. The van der Waals surface area contributed by atoms with E-state index in [4.69, 9.17) is 9.15 Å². The normalized spacial score (nSPS) is 10.1. The molecule has 6 heteroatoms. The maximum Gasteiger partial charge on any atom is 0.276 e. The number of ether oxygens (including phenoxy) is 1. The molecule has 2 amide bonds. The van der Waals surface area contributed by atoms with E-state index in [0.717, 1.165) is 17.7 Å². The summed E-state index contributed by atoms with van der Waals surface area (Å²) in [7, 11) is 0. The summed E-state index contributed by atoms with van der Waals surface area (Å²) in [6, 6.07) is 11.1. The van der Waals surface area contributed by atoms with E-state index in [2.05, 4.69) is 10.9 Å². The Bertz CT molecular complexity index is 638. The molecule has 1 heterocycles. The van der Waals surface area contributed by atoms with Gasteiger partial charge in [0.05, 0.1) is 6.26 Å². The molecule has 0 aliphatic rings. The highest BCUT2D eigenvalue weighted by Gasteiger charge is 2.08. The molecule has 0 unspecified atom stereocenters. The number of furan rings is 1. The van der Waals surface area contributed by atoms with Crippen molar-refractivity contribution >= 4 is 11.8 Å². The Kier molecular flexibility index (Phi) is 6.23. The molecule has 0 atom stereocenters. The molecule has 0 aliphatic heterocycles. The van der Waals surface area contributed by atoms with Gasteiger partial charge in [-0.25, -0.2) is 0 Å². The van der Waals surface area contributed by atoms with Crippen molar-refractivity contribution in [2.45, 2.75) is 26.2 Å². The van der Waals surface area contributed by atoms with Crippen molar-refractivity contribution in [3.63, 3.8) is 0 Å². The smallest absolute Gasteiger partial charge is 0.276 e. The molecular formula is C17H20N2O4. The predicted octanol–water partition coefficient (Wildman–Crippen LogP) is 2.00. The van der Waals surface area contributed by atoms with Crippen LogP contribution in [0.5, 0.6) is 5.75 Å². The van der Waals surface area contributed by atoms with Crippen molar-refractivity contribution in [2.75, 3.05) is 6.61 Å². The van der Waals surface area contributed by atoms with E-state index in [1.54, 1.807) is 18.4 Å². The van der Waals surface area contributed by atoms with Gasteiger partial charge in [-0.05, 0) is 30.2 Å². The van der Waals surface area contributed by atoms with Gasteiger partial charge in [-0.15, -0.1) is 0 Å². The highest BCUT2D eigenvalue weighted by Crippen LogP contribution is 2.17. The van der Waals surface area contributed by atoms with E-state index in [0.29, 0.717) is 12.2 Å². The Morgan fingerprint density at radius 1 is 1.09 bits per heavy atom. The molecule has 6 nitrogen and oxygen atoms in total. The van der Waals surface area contributed by atoms with Crippen LogP contribution in [0.15, 0.2) is 47.1 Å². The fourth-order valence-electron chi connectivity index (χ4n) is 2.01. The first kappa shape index (κ1) is 16.6. The second-order valence-electron chi connectivity index (χ2n) is 4.93. The number of carbonyl (C=O) groups excluding carboxylic acids is 2. The number of rotatable bonds is 7. The van der Waals surface area contributed by atoms with Gasteiger partial charge in [-0.1, -0.05) is 25.1 Å². The minimum Gasteiger partial charge on any atom is -0.483 e. The van der Waals surface area contributed by atoms with Crippen LogP contribution in [0, 0.1) is 0 Å². The highest BCUT2D eigenvalue weighted by atomic mass is 16.5. The molecule has 2 rings (SSSR count). The molecular weight excluding hydrogens is 296 g/mol. The van der Waals surface area contributed by atoms with E-state index < -0.39 is 5.91 Å². The fourth-order valence-corrected chi connectivity index (χ4v) is 2.01. The van der Waals surface area contributed by atoms with E-state index >= 15 is 0 Å². The van der Waals surface area contributed by atoms with Gasteiger partial charge >= 0.3 is 0 Å². The van der Waals surface area contributed by atoms with Crippen LogP contribution in [-0.2, 0) is 22.4 Å². The van der Waals surface area contributed by atoms with Gasteiger partial charge in [0, 0.05) is 12.8 Å². The minimum absolute atomic E-state index is 0.157. The van der Waals surface area contributed by atoms with Crippen molar-refractivity contribution < 1.29 is 18.7 Å². The van der Waals surface area contributed by atoms with Gasteiger partial charge in [0.1, 0.15) is 11.5 Å². The average molecular weight is 316 g/mol. The first-order valence-electron chi connectivity index (χ1n) is 7.49. The molecule has 2 aromatic rings. The summed E-state index contributed by atoms with van der Waals surface area (Å²) in [5, 5.41) is 0. The summed E-state index contributed by atoms with van der Waals surface area (Å²) in [6.07, 6.45) is 3.09. The van der Waals surface area contributed by atoms with E-state index in [-0.39, 0.29) is 18.9 Å². The number of nitrogens with one attached hydrogen (secondary N) is 2. The second kappa shape index (κ2) is 8.63. The number of benzene rings is 1. The molecule has 1 aromatic carbocycles. The third-order valence-electron chi connectivity index (χ3n) is 3.23. The van der Waals surface area contributed by atoms with E-state index in [1.807, 2.05) is 31.2 Å². The van der Waals surface area contributed by atoms with Crippen LogP contribution in [-0.4, -0.2) is 18.4 Å². The third-order valence-corrected chi connectivity index (χ3v) is 3.23. The summed E-state index contributed by atoms with van der Waals surface area (Å²) in [6.45, 7) is 1.86. The summed E-state index contributed by atoms with van der Waals surface area (Å²) >= 11 is 0. The average Bonchev–Trinajstić information content (AvgIpc) is 3.10. The van der Waals surface area contributed by atoms with Gasteiger partial charge in [-0.3, -0.25) is 20.4 Å². The molecule has 122 valence electrons. The summed E-state index contributed by atoms with van der Waals surface area (Å²) in [5.74, 6) is 0.700. The van der Waals surface area contributed by atoms with Crippen LogP contribution in [0.25, 0.3) is 0 Å². The second-order valence-corrected chi connectivity index (χ2v) is 4.93. The Morgan fingerprint density at radius 2 is 1.87 bits per heavy atom. The SMILES string of the molecule is CCc1ccccc1OCC(=O)NNC(=O)CCc1ccco1. The van der Waals surface area contributed by atoms with Crippen LogP contribution >= 0.6 is 0 Å². The number of hydrazine groups is 1. The molecule has 0 radical (unpaired) electrons. The van der Waals surface area contributed by atoms with Gasteiger partial charge in [-0.2, -0.15) is 0 Å². The standard InChI is InChI=1S/C17H20N2O4/c1-2-13-6-3-4-8-15(13)23-12-17(21)19-18-16(20)10-9-14-7-5-11-22-14/h3-8,11H,2,9-10,12H2,1H3,(H,18,20)(H,19,21). The van der Waals surface area contributed by atoms with Crippen molar-refractivity contribution in [1.82, 2.24) is 10.9 Å². The van der Waals surface area contributed by atoms with E-state index in [1.165, 1.54) is 0 Å². The molecule has 0 fully saturated rings. The Morgan fingerprint density at radius 3 is 2.61 bits per heavy atom. The molecule has 0 saturated carbocycles. The molecule has 23 heavy (non-hydrogen) atoms. The largest absolute Gasteiger partial charge is 0.483 e. The zero-order valence-corrected chi connectivity index (χ0v) is 13.0. The third kappa shape index (κ3) is 5.50.